The molecule has 0 radical (unpaired) electrons. The second kappa shape index (κ2) is 7.83. The summed E-state index contributed by atoms with van der Waals surface area (Å²) in [6, 6.07) is 10.3. The third-order valence-corrected chi connectivity index (χ3v) is 5.15. The van der Waals surface area contributed by atoms with E-state index < -0.39 is 0 Å². The number of carbonyl (C=O) groups is 1. The van der Waals surface area contributed by atoms with Gasteiger partial charge in [-0.1, -0.05) is 24.3 Å². The van der Waals surface area contributed by atoms with E-state index >= 15 is 0 Å². The first-order chi connectivity index (χ1) is 12.8. The van der Waals surface area contributed by atoms with Crippen molar-refractivity contribution in [2.45, 2.75) is 38.3 Å². The van der Waals surface area contributed by atoms with Crippen LogP contribution in [-0.2, 0) is 22.6 Å². The van der Waals surface area contributed by atoms with E-state index in [-0.39, 0.29) is 5.91 Å². The van der Waals surface area contributed by atoms with Crippen molar-refractivity contribution in [2.24, 2.45) is 0 Å². The third kappa shape index (κ3) is 3.85. The minimum absolute atomic E-state index is 0.256. The Morgan fingerprint density at radius 1 is 1.23 bits per heavy atom. The summed E-state index contributed by atoms with van der Waals surface area (Å²) in [5.74, 6) is 1.45. The van der Waals surface area contributed by atoms with Crippen LogP contribution in [0.25, 0.3) is 0 Å². The Morgan fingerprint density at radius 2 is 2.12 bits per heavy atom. The molecule has 1 atom stereocenters. The van der Waals surface area contributed by atoms with Gasteiger partial charge in [-0.2, -0.15) is 0 Å². The van der Waals surface area contributed by atoms with Crippen LogP contribution in [0.4, 0.5) is 5.82 Å². The molecular formula is C20H24N4O2. The Kier molecular flexibility index (Phi) is 5.11. The maximum Gasteiger partial charge on any atom is 0.222 e. The smallest absolute Gasteiger partial charge is 0.222 e. The van der Waals surface area contributed by atoms with Crippen LogP contribution in [0.5, 0.6) is 0 Å². The van der Waals surface area contributed by atoms with Gasteiger partial charge < -0.3 is 15.0 Å². The normalized spacial score (nSPS) is 19.9. The van der Waals surface area contributed by atoms with Crippen LogP contribution < -0.4 is 5.32 Å². The standard InChI is InChI=1S/C20H24N4O2/c25-20-6-3-8-24(20)12-16-5-2-1-4-15(16)11-21-19-10-18(22-14-23-19)17-7-9-26-13-17/h1-2,4-5,10,14,17H,3,6-9,11-13H2,(H,21,22,23)/t17-/m0/s1. The van der Waals surface area contributed by atoms with Crippen LogP contribution in [0.2, 0.25) is 0 Å². The zero-order chi connectivity index (χ0) is 17.8. The molecule has 4 rings (SSSR count). The van der Waals surface area contributed by atoms with Gasteiger partial charge in [-0.15, -0.1) is 0 Å². The van der Waals surface area contributed by atoms with E-state index in [9.17, 15) is 4.79 Å². The number of hydrogen-bond acceptors (Lipinski definition) is 5. The lowest BCUT2D eigenvalue weighted by molar-refractivity contribution is -0.128. The number of hydrogen-bond donors (Lipinski definition) is 1. The fourth-order valence-corrected chi connectivity index (χ4v) is 3.61. The minimum Gasteiger partial charge on any atom is -0.381 e. The predicted octanol–water partition coefficient (Wildman–Crippen LogP) is 2.72. The van der Waals surface area contributed by atoms with Crippen LogP contribution in [0.1, 0.15) is 42.0 Å². The SMILES string of the molecule is O=C1CCCN1Cc1ccccc1CNc1cc([C@H]2CCOC2)ncn1. The van der Waals surface area contributed by atoms with Crippen LogP contribution in [0.3, 0.4) is 0 Å². The number of likely N-dealkylation sites (tertiary alicyclic amines) is 1. The molecule has 136 valence electrons. The number of carbonyl (C=O) groups excluding carboxylic acids is 1. The molecule has 2 aliphatic heterocycles. The minimum atomic E-state index is 0.256. The van der Waals surface area contributed by atoms with Gasteiger partial charge in [0.15, 0.2) is 0 Å². The number of aromatic nitrogens is 2. The zero-order valence-corrected chi connectivity index (χ0v) is 14.9. The van der Waals surface area contributed by atoms with Gasteiger partial charge in [0, 0.05) is 44.6 Å². The second-order valence-corrected chi connectivity index (χ2v) is 6.93. The third-order valence-electron chi connectivity index (χ3n) is 5.15. The molecule has 1 N–H and O–H groups in total. The monoisotopic (exact) mass is 352 g/mol. The molecule has 0 bridgehead atoms. The molecule has 26 heavy (non-hydrogen) atoms. The molecule has 2 saturated heterocycles. The highest BCUT2D eigenvalue weighted by Gasteiger charge is 2.21. The summed E-state index contributed by atoms with van der Waals surface area (Å²) in [6.07, 6.45) is 4.27. The maximum absolute atomic E-state index is 11.9. The topological polar surface area (TPSA) is 67.4 Å². The van der Waals surface area contributed by atoms with Gasteiger partial charge in [0.2, 0.25) is 5.91 Å². The Hall–Kier alpha value is -2.47. The first-order valence-electron chi connectivity index (χ1n) is 9.28. The molecule has 1 aromatic carbocycles. The largest absolute Gasteiger partial charge is 0.381 e. The molecule has 3 heterocycles. The van der Waals surface area contributed by atoms with Gasteiger partial charge in [0.05, 0.1) is 12.3 Å². The summed E-state index contributed by atoms with van der Waals surface area (Å²) < 4.78 is 5.46. The molecular weight excluding hydrogens is 328 g/mol. The van der Waals surface area contributed by atoms with E-state index in [2.05, 4.69) is 27.4 Å². The summed E-state index contributed by atoms with van der Waals surface area (Å²) in [5, 5.41) is 3.41. The average Bonchev–Trinajstić information content (AvgIpc) is 3.34. The first kappa shape index (κ1) is 17.0. The van der Waals surface area contributed by atoms with Crippen molar-refractivity contribution in [3.05, 3.63) is 53.5 Å². The van der Waals surface area contributed by atoms with Crippen molar-refractivity contribution in [1.82, 2.24) is 14.9 Å². The van der Waals surface area contributed by atoms with E-state index in [1.807, 2.05) is 23.1 Å². The van der Waals surface area contributed by atoms with E-state index in [0.717, 1.165) is 44.1 Å². The number of nitrogens with one attached hydrogen (secondary N) is 1. The number of benzene rings is 1. The summed E-state index contributed by atoms with van der Waals surface area (Å²) >= 11 is 0. The number of nitrogens with zero attached hydrogens (tertiary/aromatic N) is 3. The van der Waals surface area contributed by atoms with Crippen LogP contribution in [0, 0.1) is 0 Å². The lowest BCUT2D eigenvalue weighted by Crippen LogP contribution is -2.24. The van der Waals surface area contributed by atoms with Crippen molar-refractivity contribution < 1.29 is 9.53 Å². The molecule has 2 aromatic rings. The lowest BCUT2D eigenvalue weighted by atomic mass is 10.0. The van der Waals surface area contributed by atoms with Gasteiger partial charge in [-0.05, 0) is 24.0 Å². The summed E-state index contributed by atoms with van der Waals surface area (Å²) in [7, 11) is 0. The van der Waals surface area contributed by atoms with Gasteiger partial charge in [-0.3, -0.25) is 4.79 Å². The summed E-state index contributed by atoms with van der Waals surface area (Å²) in [4.78, 5) is 22.6. The van der Waals surface area contributed by atoms with Crippen molar-refractivity contribution in [1.29, 1.82) is 0 Å². The highest BCUT2D eigenvalue weighted by molar-refractivity contribution is 5.78. The number of amides is 1. The fraction of sp³-hybridized carbons (Fsp3) is 0.450. The van der Waals surface area contributed by atoms with Gasteiger partial charge >= 0.3 is 0 Å². The van der Waals surface area contributed by atoms with Gasteiger partial charge in [0.1, 0.15) is 12.1 Å². The highest BCUT2D eigenvalue weighted by Crippen LogP contribution is 2.24. The van der Waals surface area contributed by atoms with E-state index in [1.165, 1.54) is 11.1 Å². The Morgan fingerprint density at radius 3 is 2.88 bits per heavy atom. The van der Waals surface area contributed by atoms with Crippen molar-refractivity contribution in [3.8, 4) is 0 Å². The molecule has 0 unspecified atom stereocenters. The fourth-order valence-electron chi connectivity index (χ4n) is 3.61. The molecule has 0 saturated carbocycles. The van der Waals surface area contributed by atoms with Crippen LogP contribution >= 0.6 is 0 Å². The first-order valence-corrected chi connectivity index (χ1v) is 9.28. The highest BCUT2D eigenvalue weighted by atomic mass is 16.5. The molecule has 6 nitrogen and oxygen atoms in total. The van der Waals surface area contributed by atoms with Crippen molar-refractivity contribution in [2.75, 3.05) is 25.1 Å². The second-order valence-electron chi connectivity index (χ2n) is 6.93. The van der Waals surface area contributed by atoms with E-state index in [0.29, 0.717) is 25.4 Å². The molecule has 2 aliphatic rings. The van der Waals surface area contributed by atoms with E-state index in [1.54, 1.807) is 6.33 Å². The van der Waals surface area contributed by atoms with Gasteiger partial charge in [0.25, 0.3) is 0 Å². The maximum atomic E-state index is 11.9. The molecule has 6 heteroatoms. The number of rotatable bonds is 6. The van der Waals surface area contributed by atoms with Crippen LogP contribution in [-0.4, -0.2) is 40.5 Å². The number of ether oxygens (including phenoxy) is 1. The Bertz CT molecular complexity index is 774. The predicted molar refractivity (Wildman–Crippen MR) is 98.6 cm³/mol. The Balaban J connectivity index is 1.43. The van der Waals surface area contributed by atoms with Crippen molar-refractivity contribution in [3.63, 3.8) is 0 Å². The van der Waals surface area contributed by atoms with E-state index in [4.69, 9.17) is 4.74 Å². The summed E-state index contributed by atoms with van der Waals surface area (Å²) in [5.41, 5.74) is 3.42. The number of anilines is 1. The van der Waals surface area contributed by atoms with Crippen LogP contribution in [0.15, 0.2) is 36.7 Å². The molecule has 1 amide bonds. The molecule has 0 aliphatic carbocycles. The lowest BCUT2D eigenvalue weighted by Gasteiger charge is -2.18. The Labute approximate surface area is 153 Å². The summed E-state index contributed by atoms with van der Waals surface area (Å²) in [6.45, 7) is 3.77. The molecule has 1 aromatic heterocycles. The quantitative estimate of drug-likeness (QED) is 0.866. The molecule has 0 spiro atoms. The molecule has 2 fully saturated rings. The average molecular weight is 352 g/mol. The van der Waals surface area contributed by atoms with Crippen molar-refractivity contribution >= 4 is 11.7 Å². The van der Waals surface area contributed by atoms with Gasteiger partial charge in [-0.25, -0.2) is 9.97 Å². The zero-order valence-electron chi connectivity index (χ0n) is 14.9.